The van der Waals surface area contributed by atoms with Gasteiger partial charge in [-0.05, 0) is 31.7 Å². The van der Waals surface area contributed by atoms with Crippen LogP contribution in [0.3, 0.4) is 0 Å². The zero-order valence-electron chi connectivity index (χ0n) is 12.4. The first-order valence-corrected chi connectivity index (χ1v) is 8.81. The van der Waals surface area contributed by atoms with Crippen LogP contribution in [0.5, 0.6) is 0 Å². The maximum Gasteiger partial charge on any atom is 0.226 e. The van der Waals surface area contributed by atoms with Gasteiger partial charge in [0.1, 0.15) is 0 Å². The summed E-state index contributed by atoms with van der Waals surface area (Å²) >= 11 is 1.67. The van der Waals surface area contributed by atoms with Gasteiger partial charge in [0.25, 0.3) is 0 Å². The number of nitrogens with zero attached hydrogens (tertiary/aromatic N) is 3. The standard InChI is InChI=1S/C15H24N4OS/c16-11-12-3-1-4-13(12)14(20)18-6-2-7-19(9-8-18)15-17-5-10-21-15/h5,10,12-13H,1-4,6-9,11,16H2/t12-,13-/m1/s1. The molecule has 0 radical (unpaired) electrons. The highest BCUT2D eigenvalue weighted by Gasteiger charge is 2.35. The topological polar surface area (TPSA) is 62.5 Å². The minimum atomic E-state index is 0.168. The Labute approximate surface area is 130 Å². The van der Waals surface area contributed by atoms with Crippen LogP contribution in [0, 0.1) is 11.8 Å². The summed E-state index contributed by atoms with van der Waals surface area (Å²) < 4.78 is 0. The maximum atomic E-state index is 12.8. The van der Waals surface area contributed by atoms with E-state index in [-0.39, 0.29) is 5.92 Å². The lowest BCUT2D eigenvalue weighted by Crippen LogP contribution is -2.41. The summed E-state index contributed by atoms with van der Waals surface area (Å²) in [5.74, 6) is 0.904. The molecule has 1 saturated carbocycles. The number of anilines is 1. The van der Waals surface area contributed by atoms with E-state index >= 15 is 0 Å². The maximum absolute atomic E-state index is 12.8. The minimum absolute atomic E-state index is 0.168. The summed E-state index contributed by atoms with van der Waals surface area (Å²) in [6, 6.07) is 0. The molecule has 21 heavy (non-hydrogen) atoms. The molecule has 116 valence electrons. The second kappa shape index (κ2) is 6.75. The molecular formula is C15H24N4OS. The molecule has 2 fully saturated rings. The summed E-state index contributed by atoms with van der Waals surface area (Å²) in [6.45, 7) is 4.21. The molecular weight excluding hydrogens is 284 g/mol. The highest BCUT2D eigenvalue weighted by Crippen LogP contribution is 2.32. The van der Waals surface area contributed by atoms with Crippen LogP contribution in [0.15, 0.2) is 11.6 Å². The average Bonchev–Trinajstić information content (AvgIpc) is 3.14. The third-order valence-corrected chi connectivity index (χ3v) is 5.61. The number of carbonyl (C=O) groups excluding carboxylic acids is 1. The number of hydrogen-bond donors (Lipinski definition) is 1. The molecule has 1 amide bonds. The second-order valence-electron chi connectivity index (χ2n) is 6.01. The van der Waals surface area contributed by atoms with Gasteiger partial charge in [-0.1, -0.05) is 6.42 Å². The molecule has 2 aliphatic rings. The Morgan fingerprint density at radius 1 is 1.29 bits per heavy atom. The SMILES string of the molecule is NC[C@H]1CCC[C@H]1C(=O)N1CCCN(c2nccs2)CC1. The van der Waals surface area contributed by atoms with Crippen LogP contribution in [0.4, 0.5) is 5.13 Å². The zero-order valence-corrected chi connectivity index (χ0v) is 13.2. The summed E-state index contributed by atoms with van der Waals surface area (Å²) in [5.41, 5.74) is 5.82. The average molecular weight is 308 g/mol. The Balaban J connectivity index is 1.61. The molecule has 1 aliphatic heterocycles. The number of thiazole rings is 1. The van der Waals surface area contributed by atoms with E-state index in [1.165, 1.54) is 0 Å². The van der Waals surface area contributed by atoms with Gasteiger partial charge in [0.2, 0.25) is 5.91 Å². The van der Waals surface area contributed by atoms with E-state index < -0.39 is 0 Å². The van der Waals surface area contributed by atoms with Gasteiger partial charge in [0, 0.05) is 43.7 Å². The first kappa shape index (κ1) is 14.8. The molecule has 2 N–H and O–H groups in total. The fourth-order valence-electron chi connectivity index (χ4n) is 3.58. The number of aromatic nitrogens is 1. The lowest BCUT2D eigenvalue weighted by molar-refractivity contribution is -0.136. The van der Waals surface area contributed by atoms with Gasteiger partial charge >= 0.3 is 0 Å². The number of rotatable bonds is 3. The number of amides is 1. The Morgan fingerprint density at radius 3 is 2.95 bits per heavy atom. The van der Waals surface area contributed by atoms with Crippen molar-refractivity contribution in [1.29, 1.82) is 0 Å². The lowest BCUT2D eigenvalue weighted by atomic mass is 9.94. The van der Waals surface area contributed by atoms with Crippen molar-refractivity contribution >= 4 is 22.4 Å². The third kappa shape index (κ3) is 3.21. The Bertz CT molecular complexity index is 464. The summed E-state index contributed by atoms with van der Waals surface area (Å²) in [5, 5.41) is 3.08. The van der Waals surface area contributed by atoms with Gasteiger partial charge in [-0.2, -0.15) is 0 Å². The highest BCUT2D eigenvalue weighted by atomic mass is 32.1. The molecule has 0 spiro atoms. The molecule has 1 aromatic rings. The van der Waals surface area contributed by atoms with E-state index in [0.29, 0.717) is 18.4 Å². The summed E-state index contributed by atoms with van der Waals surface area (Å²) in [7, 11) is 0. The first-order chi connectivity index (χ1) is 10.3. The highest BCUT2D eigenvalue weighted by molar-refractivity contribution is 7.13. The fraction of sp³-hybridized carbons (Fsp3) is 0.733. The molecule has 3 rings (SSSR count). The minimum Gasteiger partial charge on any atom is -0.346 e. The molecule has 2 atom stereocenters. The van der Waals surface area contributed by atoms with Gasteiger partial charge in [0.05, 0.1) is 0 Å². The van der Waals surface area contributed by atoms with Gasteiger partial charge in [-0.15, -0.1) is 11.3 Å². The molecule has 1 aliphatic carbocycles. The van der Waals surface area contributed by atoms with Gasteiger partial charge in [-0.25, -0.2) is 4.98 Å². The monoisotopic (exact) mass is 308 g/mol. The molecule has 0 aromatic carbocycles. The summed E-state index contributed by atoms with van der Waals surface area (Å²) in [6.07, 6.45) is 6.15. The van der Waals surface area contributed by atoms with E-state index in [1.54, 1.807) is 11.3 Å². The molecule has 0 unspecified atom stereocenters. The van der Waals surface area contributed by atoms with Crippen LogP contribution in [0.2, 0.25) is 0 Å². The van der Waals surface area contributed by atoms with Crippen molar-refractivity contribution in [3.8, 4) is 0 Å². The Morgan fingerprint density at radius 2 is 2.19 bits per heavy atom. The van der Waals surface area contributed by atoms with Crippen molar-refractivity contribution in [3.63, 3.8) is 0 Å². The molecule has 1 aromatic heterocycles. The predicted octanol–water partition coefficient (Wildman–Crippen LogP) is 1.56. The van der Waals surface area contributed by atoms with Crippen LogP contribution in [0.25, 0.3) is 0 Å². The van der Waals surface area contributed by atoms with E-state index in [9.17, 15) is 4.79 Å². The molecule has 1 saturated heterocycles. The quantitative estimate of drug-likeness (QED) is 0.920. The largest absolute Gasteiger partial charge is 0.346 e. The smallest absolute Gasteiger partial charge is 0.226 e. The number of hydrogen-bond acceptors (Lipinski definition) is 5. The lowest BCUT2D eigenvalue weighted by Gasteiger charge is -2.27. The van der Waals surface area contributed by atoms with E-state index in [2.05, 4.69) is 14.8 Å². The van der Waals surface area contributed by atoms with E-state index in [4.69, 9.17) is 5.73 Å². The predicted molar refractivity (Wildman–Crippen MR) is 85.4 cm³/mol. The van der Waals surface area contributed by atoms with Crippen LogP contribution < -0.4 is 10.6 Å². The number of carbonyl (C=O) groups is 1. The van der Waals surface area contributed by atoms with Crippen LogP contribution >= 0.6 is 11.3 Å². The van der Waals surface area contributed by atoms with Gasteiger partial charge in [-0.3, -0.25) is 4.79 Å². The van der Waals surface area contributed by atoms with Crippen molar-refractivity contribution < 1.29 is 4.79 Å². The van der Waals surface area contributed by atoms with Crippen molar-refractivity contribution in [1.82, 2.24) is 9.88 Å². The van der Waals surface area contributed by atoms with Crippen LogP contribution in [0.1, 0.15) is 25.7 Å². The molecule has 5 nitrogen and oxygen atoms in total. The van der Waals surface area contributed by atoms with Gasteiger partial charge in [0.15, 0.2) is 5.13 Å². The number of nitrogens with two attached hydrogens (primary N) is 1. The Kier molecular flexibility index (Phi) is 4.75. The fourth-order valence-corrected chi connectivity index (χ4v) is 4.28. The third-order valence-electron chi connectivity index (χ3n) is 4.78. The summed E-state index contributed by atoms with van der Waals surface area (Å²) in [4.78, 5) is 21.5. The van der Waals surface area contributed by atoms with Crippen LogP contribution in [-0.2, 0) is 4.79 Å². The Hall–Kier alpha value is -1.14. The van der Waals surface area contributed by atoms with Crippen molar-refractivity contribution in [3.05, 3.63) is 11.6 Å². The van der Waals surface area contributed by atoms with Crippen LogP contribution in [-0.4, -0.2) is 48.5 Å². The molecule has 6 heteroatoms. The second-order valence-corrected chi connectivity index (χ2v) is 6.89. The normalized spacial score (nSPS) is 26.9. The van der Waals surface area contributed by atoms with Crippen molar-refractivity contribution in [2.45, 2.75) is 25.7 Å². The van der Waals surface area contributed by atoms with E-state index in [0.717, 1.165) is 57.0 Å². The zero-order chi connectivity index (χ0) is 14.7. The van der Waals surface area contributed by atoms with Crippen molar-refractivity contribution in [2.24, 2.45) is 17.6 Å². The molecule has 0 bridgehead atoms. The molecule has 2 heterocycles. The van der Waals surface area contributed by atoms with Crippen molar-refractivity contribution in [2.75, 3.05) is 37.6 Å². The van der Waals surface area contributed by atoms with E-state index in [1.807, 2.05) is 11.6 Å². The van der Waals surface area contributed by atoms with Gasteiger partial charge < -0.3 is 15.5 Å². The first-order valence-electron chi connectivity index (χ1n) is 7.93.